The number of para-hydroxylation sites is 1. The second-order valence-corrected chi connectivity index (χ2v) is 10.5. The van der Waals surface area contributed by atoms with Gasteiger partial charge in [-0.15, -0.1) is 0 Å². The Morgan fingerprint density at radius 2 is 1.82 bits per heavy atom. The van der Waals surface area contributed by atoms with E-state index in [4.69, 9.17) is 9.05 Å². The van der Waals surface area contributed by atoms with Crippen molar-refractivity contribution in [3.63, 3.8) is 0 Å². The Bertz CT molecular complexity index is 1210. The van der Waals surface area contributed by atoms with Crippen molar-refractivity contribution in [1.29, 1.82) is 0 Å². The van der Waals surface area contributed by atoms with Crippen LogP contribution < -0.4 is 10.6 Å². The van der Waals surface area contributed by atoms with Crippen molar-refractivity contribution >= 4 is 27.3 Å². The third-order valence-electron chi connectivity index (χ3n) is 5.87. The van der Waals surface area contributed by atoms with Crippen molar-refractivity contribution in [3.05, 3.63) is 41.3 Å². The van der Waals surface area contributed by atoms with Crippen LogP contribution in [-0.2, 0) is 10.0 Å². The zero-order valence-electron chi connectivity index (χ0n) is 19.1. The number of phenolic OH excluding ortho intramolecular Hbond substituents is 1. The molecule has 4 rings (SSSR count). The lowest BCUT2D eigenvalue weighted by Gasteiger charge is -2.20. The van der Waals surface area contributed by atoms with Gasteiger partial charge in [-0.25, -0.2) is 13.0 Å². The molecule has 0 amide bonds. The predicted octanol–water partition coefficient (Wildman–Crippen LogP) is 4.32. The molecule has 0 bridgehead atoms. The molecule has 0 unspecified atom stereocenters. The summed E-state index contributed by atoms with van der Waals surface area (Å²) in [7, 11) is -3.79. The number of aromatic nitrogens is 2. The first kappa shape index (κ1) is 23.1. The number of aromatic hydroxyl groups is 1. The van der Waals surface area contributed by atoms with Crippen LogP contribution in [0.2, 0.25) is 0 Å². The van der Waals surface area contributed by atoms with E-state index in [9.17, 15) is 13.5 Å². The molecule has 2 aromatic heterocycles. The normalized spacial score (nSPS) is 15.8. The average Bonchev–Trinajstić information content (AvgIpc) is 3.50. The fourth-order valence-corrected chi connectivity index (χ4v) is 5.48. The molecular formula is C22H29N5O5S. The summed E-state index contributed by atoms with van der Waals surface area (Å²) >= 11 is 0. The van der Waals surface area contributed by atoms with Gasteiger partial charge in [0, 0.05) is 13.1 Å². The number of hydrogen-bond donors (Lipinski definition) is 3. The number of phenols is 1. The van der Waals surface area contributed by atoms with Gasteiger partial charge in [0.1, 0.15) is 16.4 Å². The third kappa shape index (κ3) is 4.55. The van der Waals surface area contributed by atoms with Crippen LogP contribution in [0.4, 0.5) is 17.3 Å². The highest BCUT2D eigenvalue weighted by Crippen LogP contribution is 2.37. The van der Waals surface area contributed by atoms with Crippen molar-refractivity contribution < 1.29 is 22.6 Å². The number of hydrogen-bond acceptors (Lipinski definition) is 9. The number of anilines is 3. The number of sulfonamides is 1. The summed E-state index contributed by atoms with van der Waals surface area (Å²) in [5, 5.41) is 24.8. The summed E-state index contributed by atoms with van der Waals surface area (Å²) in [5.74, 6) is 1.91. The Hall–Kier alpha value is -3.05. The fraction of sp³-hybridized carbons (Fsp3) is 0.455. The van der Waals surface area contributed by atoms with E-state index in [1.807, 2.05) is 33.8 Å². The topological polar surface area (TPSA) is 134 Å². The summed E-state index contributed by atoms with van der Waals surface area (Å²) in [5.41, 5.74) is 1.23. The molecule has 11 heteroatoms. The molecule has 1 atom stereocenters. The molecule has 3 aromatic rings. The molecule has 33 heavy (non-hydrogen) atoms. The van der Waals surface area contributed by atoms with E-state index < -0.39 is 10.0 Å². The highest BCUT2D eigenvalue weighted by Gasteiger charge is 2.31. The molecule has 1 aliphatic heterocycles. The lowest BCUT2D eigenvalue weighted by molar-refractivity contribution is 0.309. The number of nitrogens with one attached hydrogen (secondary N) is 2. The van der Waals surface area contributed by atoms with Gasteiger partial charge < -0.3 is 20.2 Å². The van der Waals surface area contributed by atoms with Gasteiger partial charge in [-0.1, -0.05) is 19.9 Å². The molecule has 10 nitrogen and oxygen atoms in total. The van der Waals surface area contributed by atoms with E-state index in [0.717, 1.165) is 29.9 Å². The maximum atomic E-state index is 13.0. The Morgan fingerprint density at radius 1 is 1.12 bits per heavy atom. The molecule has 3 N–H and O–H groups in total. The van der Waals surface area contributed by atoms with Gasteiger partial charge in [0.25, 0.3) is 0 Å². The van der Waals surface area contributed by atoms with E-state index >= 15 is 0 Å². The van der Waals surface area contributed by atoms with Crippen LogP contribution in [0, 0.1) is 19.8 Å². The second kappa shape index (κ2) is 9.06. The Balaban J connectivity index is 1.60. The standard InChI is InChI=1S/C22H29N5O5S/c1-13(2)19(17-12-14(3)15(4)31-17)24-22-21(25-32-26-22)23-16-8-7-9-18(20(16)28)33(29,30)27-10-5-6-11-27/h7-9,12-13,19,28H,5-6,10-11H2,1-4H3,(H,23,25)(H,24,26)/t19-/m1/s1. The van der Waals surface area contributed by atoms with Crippen LogP contribution in [0.3, 0.4) is 0 Å². The molecule has 3 heterocycles. The molecule has 178 valence electrons. The highest BCUT2D eigenvalue weighted by molar-refractivity contribution is 7.89. The molecule has 0 saturated carbocycles. The van der Waals surface area contributed by atoms with E-state index in [0.29, 0.717) is 18.9 Å². The summed E-state index contributed by atoms with van der Waals surface area (Å²) < 4.78 is 38.1. The van der Waals surface area contributed by atoms with Crippen molar-refractivity contribution in [3.8, 4) is 5.75 Å². The van der Waals surface area contributed by atoms with Crippen molar-refractivity contribution in [2.45, 2.75) is 51.5 Å². The smallest absolute Gasteiger partial charge is 0.246 e. The van der Waals surface area contributed by atoms with Crippen LogP contribution in [-0.4, -0.2) is 41.2 Å². The molecule has 1 fully saturated rings. The quantitative estimate of drug-likeness (QED) is 0.407. The number of benzene rings is 1. The first-order chi connectivity index (χ1) is 15.7. The average molecular weight is 476 g/mol. The first-order valence-corrected chi connectivity index (χ1v) is 12.4. The minimum absolute atomic E-state index is 0.151. The molecule has 1 saturated heterocycles. The van der Waals surface area contributed by atoms with Crippen LogP contribution in [0.25, 0.3) is 0 Å². The molecule has 0 aliphatic carbocycles. The molecule has 0 radical (unpaired) electrons. The van der Waals surface area contributed by atoms with Gasteiger partial charge in [0.2, 0.25) is 21.7 Å². The summed E-state index contributed by atoms with van der Waals surface area (Å²) in [6, 6.07) is 6.30. The monoisotopic (exact) mass is 475 g/mol. The Morgan fingerprint density at radius 3 is 2.45 bits per heavy atom. The maximum Gasteiger partial charge on any atom is 0.246 e. The van der Waals surface area contributed by atoms with E-state index in [1.165, 1.54) is 10.4 Å². The van der Waals surface area contributed by atoms with E-state index in [-0.39, 0.29) is 34.1 Å². The van der Waals surface area contributed by atoms with Crippen LogP contribution in [0.1, 0.15) is 49.8 Å². The zero-order chi connectivity index (χ0) is 23.8. The lowest BCUT2D eigenvalue weighted by atomic mass is 10.0. The summed E-state index contributed by atoms with van der Waals surface area (Å²) in [6.07, 6.45) is 1.62. The van der Waals surface area contributed by atoms with Gasteiger partial charge in [-0.05, 0) is 66.7 Å². The molecule has 1 aliphatic rings. The molecule has 0 spiro atoms. The summed E-state index contributed by atoms with van der Waals surface area (Å²) in [4.78, 5) is -0.151. The van der Waals surface area contributed by atoms with Crippen molar-refractivity contribution in [1.82, 2.24) is 14.6 Å². The van der Waals surface area contributed by atoms with Gasteiger partial charge in [0.15, 0.2) is 5.75 Å². The lowest BCUT2D eigenvalue weighted by Crippen LogP contribution is -2.28. The van der Waals surface area contributed by atoms with Crippen molar-refractivity contribution in [2.24, 2.45) is 5.92 Å². The SMILES string of the molecule is Cc1cc([C@H](Nc2nonc2Nc2cccc(S(=O)(=O)N3CCCC3)c2O)C(C)C)oc1C. The van der Waals surface area contributed by atoms with Crippen LogP contribution in [0.5, 0.6) is 5.75 Å². The Labute approximate surface area is 193 Å². The summed E-state index contributed by atoms with van der Waals surface area (Å²) in [6.45, 7) is 8.88. The third-order valence-corrected chi connectivity index (χ3v) is 7.80. The van der Waals surface area contributed by atoms with Crippen LogP contribution in [0.15, 0.2) is 38.2 Å². The van der Waals surface area contributed by atoms with E-state index in [1.54, 1.807) is 12.1 Å². The van der Waals surface area contributed by atoms with Crippen molar-refractivity contribution in [2.75, 3.05) is 23.7 Å². The predicted molar refractivity (Wildman–Crippen MR) is 123 cm³/mol. The minimum Gasteiger partial charge on any atom is -0.504 e. The number of nitrogens with zero attached hydrogens (tertiary/aromatic N) is 3. The first-order valence-electron chi connectivity index (χ1n) is 10.9. The number of furan rings is 1. The zero-order valence-corrected chi connectivity index (χ0v) is 19.9. The second-order valence-electron chi connectivity index (χ2n) is 8.60. The van der Waals surface area contributed by atoms with Gasteiger partial charge >= 0.3 is 0 Å². The number of aryl methyl sites for hydroxylation is 2. The van der Waals surface area contributed by atoms with Gasteiger partial charge in [-0.2, -0.15) is 4.31 Å². The van der Waals surface area contributed by atoms with Crippen LogP contribution >= 0.6 is 0 Å². The number of rotatable bonds is 8. The van der Waals surface area contributed by atoms with Gasteiger partial charge in [0.05, 0.1) is 11.7 Å². The van der Waals surface area contributed by atoms with Gasteiger partial charge in [-0.3, -0.25) is 0 Å². The van der Waals surface area contributed by atoms with E-state index in [2.05, 4.69) is 20.9 Å². The fourth-order valence-electron chi connectivity index (χ4n) is 3.86. The largest absolute Gasteiger partial charge is 0.504 e. The molecule has 1 aromatic carbocycles. The minimum atomic E-state index is -3.79. The Kier molecular flexibility index (Phi) is 6.35. The maximum absolute atomic E-state index is 13.0. The highest BCUT2D eigenvalue weighted by atomic mass is 32.2. The molecular weight excluding hydrogens is 446 g/mol.